The molecule has 1 fully saturated rings. The van der Waals surface area contributed by atoms with Crippen molar-refractivity contribution in [2.24, 2.45) is 5.41 Å². The Kier molecular flexibility index (Phi) is 6.39. The van der Waals surface area contributed by atoms with Gasteiger partial charge in [-0.15, -0.1) is 5.06 Å². The molecule has 0 saturated carbocycles. The molecule has 0 bridgehead atoms. The highest BCUT2D eigenvalue weighted by molar-refractivity contribution is 8.77. The van der Waals surface area contributed by atoms with Crippen LogP contribution in [0.4, 0.5) is 0 Å². The van der Waals surface area contributed by atoms with E-state index in [4.69, 9.17) is 4.84 Å². The Balaban J connectivity index is 1.96. The Morgan fingerprint density at radius 2 is 1.77 bits per heavy atom. The van der Waals surface area contributed by atoms with Crippen LogP contribution in [0.1, 0.15) is 53.0 Å². The van der Waals surface area contributed by atoms with E-state index in [0.29, 0.717) is 11.5 Å². The van der Waals surface area contributed by atoms with Gasteiger partial charge >= 0.3 is 5.97 Å². The van der Waals surface area contributed by atoms with E-state index >= 15 is 0 Å². The SMILES string of the molecule is CC(C)(C)SSc1ccc(CC(C)(C)C(=O)ON2C(=O)CCC2=O)cn1. The van der Waals surface area contributed by atoms with Crippen molar-refractivity contribution in [1.29, 1.82) is 0 Å². The third kappa shape index (κ3) is 5.74. The van der Waals surface area contributed by atoms with E-state index in [1.165, 1.54) is 0 Å². The largest absolute Gasteiger partial charge is 0.339 e. The summed E-state index contributed by atoms with van der Waals surface area (Å²) in [6, 6.07) is 3.85. The van der Waals surface area contributed by atoms with Crippen molar-refractivity contribution in [3.8, 4) is 0 Å². The number of pyridine rings is 1. The van der Waals surface area contributed by atoms with Gasteiger partial charge < -0.3 is 4.84 Å². The molecule has 1 aliphatic rings. The molecule has 1 saturated heterocycles. The fraction of sp³-hybridized carbons (Fsp3) is 0.556. The lowest BCUT2D eigenvalue weighted by molar-refractivity contribution is -0.204. The number of carbonyl (C=O) groups excluding carboxylic acids is 3. The van der Waals surface area contributed by atoms with E-state index in [2.05, 4.69) is 25.8 Å². The molecule has 1 aliphatic heterocycles. The molecule has 0 N–H and O–H groups in total. The Morgan fingerprint density at radius 3 is 2.27 bits per heavy atom. The van der Waals surface area contributed by atoms with Crippen LogP contribution in [-0.4, -0.2) is 32.6 Å². The van der Waals surface area contributed by atoms with E-state index < -0.39 is 23.2 Å². The van der Waals surface area contributed by atoms with Crippen LogP contribution < -0.4 is 0 Å². The molecule has 6 nitrogen and oxygen atoms in total. The van der Waals surface area contributed by atoms with Crippen LogP contribution >= 0.6 is 21.6 Å². The summed E-state index contributed by atoms with van der Waals surface area (Å²) in [6.07, 6.45) is 2.31. The molecule has 0 radical (unpaired) electrons. The van der Waals surface area contributed by atoms with E-state index in [-0.39, 0.29) is 17.6 Å². The van der Waals surface area contributed by atoms with Gasteiger partial charge in [-0.05, 0) is 42.7 Å². The first-order chi connectivity index (χ1) is 12.0. The average molecular weight is 397 g/mol. The van der Waals surface area contributed by atoms with Crippen molar-refractivity contribution in [2.45, 2.75) is 63.7 Å². The lowest BCUT2D eigenvalue weighted by Crippen LogP contribution is -2.38. The van der Waals surface area contributed by atoms with Crippen LogP contribution in [0, 0.1) is 5.41 Å². The molecule has 1 aromatic rings. The van der Waals surface area contributed by atoms with Gasteiger partial charge in [-0.2, -0.15) is 0 Å². The first-order valence-electron chi connectivity index (χ1n) is 8.37. The van der Waals surface area contributed by atoms with Gasteiger partial charge in [0.05, 0.1) is 5.41 Å². The molecule has 2 heterocycles. The van der Waals surface area contributed by atoms with E-state index in [0.717, 1.165) is 10.6 Å². The summed E-state index contributed by atoms with van der Waals surface area (Å²) >= 11 is 0. The highest BCUT2D eigenvalue weighted by Crippen LogP contribution is 2.39. The van der Waals surface area contributed by atoms with Crippen LogP contribution in [0.25, 0.3) is 0 Å². The zero-order valence-corrected chi connectivity index (χ0v) is 17.3. The van der Waals surface area contributed by atoms with Gasteiger partial charge in [0.15, 0.2) is 0 Å². The van der Waals surface area contributed by atoms with Gasteiger partial charge in [0.2, 0.25) is 0 Å². The summed E-state index contributed by atoms with van der Waals surface area (Å²) in [5, 5.41) is 1.49. The second kappa shape index (κ2) is 8.00. The fourth-order valence-corrected chi connectivity index (χ4v) is 4.04. The van der Waals surface area contributed by atoms with Crippen LogP contribution in [0.3, 0.4) is 0 Å². The molecular formula is C18H24N2O4S2. The maximum Gasteiger partial charge on any atom is 0.339 e. The van der Waals surface area contributed by atoms with Crippen molar-refractivity contribution < 1.29 is 19.2 Å². The molecule has 0 atom stereocenters. The zero-order valence-electron chi connectivity index (χ0n) is 15.7. The van der Waals surface area contributed by atoms with Crippen molar-refractivity contribution >= 4 is 39.4 Å². The van der Waals surface area contributed by atoms with Crippen molar-refractivity contribution in [3.63, 3.8) is 0 Å². The third-order valence-corrected chi connectivity index (χ3v) is 6.81. The van der Waals surface area contributed by atoms with Gasteiger partial charge in [-0.3, -0.25) is 9.59 Å². The lowest BCUT2D eigenvalue weighted by atomic mass is 9.86. The summed E-state index contributed by atoms with van der Waals surface area (Å²) in [6.45, 7) is 9.87. The predicted molar refractivity (Wildman–Crippen MR) is 102 cm³/mol. The minimum absolute atomic E-state index is 0.0855. The summed E-state index contributed by atoms with van der Waals surface area (Å²) in [5.41, 5.74) is -0.00393. The number of nitrogens with zero attached hydrogens (tertiary/aromatic N) is 2. The van der Waals surface area contributed by atoms with Gasteiger partial charge in [-0.25, -0.2) is 9.78 Å². The van der Waals surface area contributed by atoms with E-state index in [9.17, 15) is 14.4 Å². The molecule has 0 unspecified atom stereocenters. The first-order valence-corrected chi connectivity index (χ1v) is 10.5. The van der Waals surface area contributed by atoms with Crippen molar-refractivity contribution in [3.05, 3.63) is 23.9 Å². The molecule has 2 amide bonds. The number of carbonyl (C=O) groups is 3. The van der Waals surface area contributed by atoms with Gasteiger partial charge in [0, 0.05) is 23.8 Å². The Hall–Kier alpha value is -1.54. The molecular weight excluding hydrogens is 372 g/mol. The molecule has 0 spiro atoms. The van der Waals surface area contributed by atoms with Crippen LogP contribution in [0.5, 0.6) is 0 Å². The Labute approximate surface area is 161 Å². The van der Waals surface area contributed by atoms with Crippen LogP contribution in [0.15, 0.2) is 23.4 Å². The highest BCUT2D eigenvalue weighted by Gasteiger charge is 2.38. The second-order valence-electron chi connectivity index (χ2n) is 7.80. The number of hydrogen-bond acceptors (Lipinski definition) is 7. The van der Waals surface area contributed by atoms with Crippen LogP contribution in [0.2, 0.25) is 0 Å². The fourth-order valence-electron chi connectivity index (χ4n) is 2.18. The quantitative estimate of drug-likeness (QED) is 0.535. The molecule has 0 aromatic carbocycles. The Bertz CT molecular complexity index is 680. The highest BCUT2D eigenvalue weighted by atomic mass is 33.1. The predicted octanol–water partition coefficient (Wildman–Crippen LogP) is 3.80. The van der Waals surface area contributed by atoms with E-state index in [1.54, 1.807) is 41.6 Å². The van der Waals surface area contributed by atoms with Gasteiger partial charge in [-0.1, -0.05) is 37.6 Å². The molecule has 8 heteroatoms. The second-order valence-corrected chi connectivity index (χ2v) is 10.8. The minimum atomic E-state index is -0.889. The Morgan fingerprint density at radius 1 is 1.15 bits per heavy atom. The molecule has 26 heavy (non-hydrogen) atoms. The summed E-state index contributed by atoms with van der Waals surface area (Å²) < 4.78 is 0.140. The smallest absolute Gasteiger partial charge is 0.330 e. The third-order valence-electron chi connectivity index (χ3n) is 3.55. The molecule has 1 aromatic heterocycles. The minimum Gasteiger partial charge on any atom is -0.330 e. The number of rotatable bonds is 6. The number of hydrogen-bond donors (Lipinski definition) is 0. The molecule has 2 rings (SSSR count). The first kappa shape index (κ1) is 20.8. The molecule has 0 aliphatic carbocycles. The van der Waals surface area contributed by atoms with Crippen LogP contribution in [-0.2, 0) is 25.6 Å². The number of hydroxylamine groups is 2. The van der Waals surface area contributed by atoms with Gasteiger partial charge in [0.1, 0.15) is 5.03 Å². The summed E-state index contributed by atoms with van der Waals surface area (Å²) in [7, 11) is 3.35. The van der Waals surface area contributed by atoms with E-state index in [1.807, 2.05) is 12.1 Å². The monoisotopic (exact) mass is 396 g/mol. The summed E-state index contributed by atoms with van der Waals surface area (Å²) in [5.74, 6) is -1.56. The number of imide groups is 1. The maximum absolute atomic E-state index is 12.4. The average Bonchev–Trinajstić information content (AvgIpc) is 2.85. The lowest BCUT2D eigenvalue weighted by Gasteiger charge is -2.24. The maximum atomic E-state index is 12.4. The normalized spacial score (nSPS) is 15.5. The van der Waals surface area contributed by atoms with Crippen molar-refractivity contribution in [1.82, 2.24) is 10.0 Å². The standard InChI is InChI=1S/C18H24N2O4S2/c1-17(2,3)26-25-13-7-6-12(11-19-13)10-18(4,5)16(23)24-20-14(21)8-9-15(20)22/h6-7,11H,8-10H2,1-5H3. The number of aromatic nitrogens is 1. The summed E-state index contributed by atoms with van der Waals surface area (Å²) in [4.78, 5) is 45.0. The zero-order chi connectivity index (χ0) is 19.5. The number of amides is 2. The topological polar surface area (TPSA) is 76.6 Å². The van der Waals surface area contributed by atoms with Gasteiger partial charge in [0.25, 0.3) is 11.8 Å². The molecule has 142 valence electrons. The van der Waals surface area contributed by atoms with Crippen molar-refractivity contribution in [2.75, 3.05) is 0 Å².